The predicted octanol–water partition coefficient (Wildman–Crippen LogP) is 5.43. The fourth-order valence-electron chi connectivity index (χ4n) is 3.11. The molecule has 0 aliphatic rings. The summed E-state index contributed by atoms with van der Waals surface area (Å²) in [4.78, 5) is 16.3. The van der Waals surface area contributed by atoms with Crippen molar-refractivity contribution in [3.05, 3.63) is 58.7 Å². The zero-order chi connectivity index (χ0) is 24.1. The van der Waals surface area contributed by atoms with Gasteiger partial charge in [0.25, 0.3) is 0 Å². The second-order valence-electron chi connectivity index (χ2n) is 7.77. The van der Waals surface area contributed by atoms with Crippen LogP contribution in [0.4, 0.5) is 13.2 Å². The molecule has 0 radical (unpaired) electrons. The highest BCUT2D eigenvalue weighted by Crippen LogP contribution is 2.29. The fourth-order valence-corrected chi connectivity index (χ4v) is 3.11. The molecule has 2 rings (SSSR count). The summed E-state index contributed by atoms with van der Waals surface area (Å²) < 4.78 is 46.7. The molecule has 0 saturated carbocycles. The van der Waals surface area contributed by atoms with Crippen LogP contribution in [0.15, 0.2) is 41.6 Å². The van der Waals surface area contributed by atoms with Crippen LogP contribution in [0.5, 0.6) is 11.5 Å². The number of aryl methyl sites for hydroxylation is 3. The summed E-state index contributed by atoms with van der Waals surface area (Å²) in [5.74, 6) is -0.858. The van der Waals surface area contributed by atoms with Gasteiger partial charge in [-0.25, -0.2) is 4.79 Å². The summed E-state index contributed by atoms with van der Waals surface area (Å²) in [5.41, 5.74) is 2.38. The number of benzene rings is 2. The molecule has 0 unspecified atom stereocenters. The van der Waals surface area contributed by atoms with Crippen LogP contribution in [0.3, 0.4) is 0 Å². The molecule has 32 heavy (non-hydrogen) atoms. The van der Waals surface area contributed by atoms with E-state index in [9.17, 15) is 23.1 Å². The zero-order valence-corrected chi connectivity index (χ0v) is 18.5. The van der Waals surface area contributed by atoms with Crippen molar-refractivity contribution in [1.29, 1.82) is 0 Å². The van der Waals surface area contributed by atoms with Gasteiger partial charge in [-0.05, 0) is 87.1 Å². The lowest BCUT2D eigenvalue weighted by atomic mass is 9.98. The monoisotopic (exact) mass is 453 g/mol. The van der Waals surface area contributed by atoms with Crippen LogP contribution >= 0.6 is 0 Å². The van der Waals surface area contributed by atoms with E-state index in [0.29, 0.717) is 29.9 Å². The Morgan fingerprint density at radius 2 is 1.59 bits per heavy atom. The SMILES string of the molecule is CON=C(CCc1cc(C)c(OC(C)(C)C(=O)O)c(C)c1)c1ccc(OC(F)(F)F)cc1. The molecular formula is C23H26F3NO5. The standard InChI is InChI=1S/C23H26F3NO5/c1-14-12-16(13-15(2)20(14)32-22(3,4)21(28)29)6-11-19(27-30-5)17-7-9-18(10-8-17)31-23(24,25)26/h7-10,12-13H,6,11H2,1-5H3,(H,28,29). The van der Waals surface area contributed by atoms with E-state index in [4.69, 9.17) is 9.57 Å². The molecule has 0 aliphatic carbocycles. The van der Waals surface area contributed by atoms with Crippen LogP contribution < -0.4 is 9.47 Å². The number of oxime groups is 1. The summed E-state index contributed by atoms with van der Waals surface area (Å²) in [6, 6.07) is 9.23. The number of aliphatic carboxylic acids is 1. The van der Waals surface area contributed by atoms with Crippen LogP contribution in [0.2, 0.25) is 0 Å². The van der Waals surface area contributed by atoms with Gasteiger partial charge in [-0.1, -0.05) is 17.3 Å². The van der Waals surface area contributed by atoms with Gasteiger partial charge in [0.15, 0.2) is 5.60 Å². The Labute approximate surface area is 184 Å². The number of ether oxygens (including phenoxy) is 2. The summed E-state index contributed by atoms with van der Waals surface area (Å²) in [6.45, 7) is 6.65. The number of carboxylic acid groups (broad SMARTS) is 1. The summed E-state index contributed by atoms with van der Waals surface area (Å²) in [5, 5.41) is 13.3. The highest BCUT2D eigenvalue weighted by molar-refractivity contribution is 6.00. The predicted molar refractivity (Wildman–Crippen MR) is 113 cm³/mol. The lowest BCUT2D eigenvalue weighted by Crippen LogP contribution is -2.38. The third-order valence-electron chi connectivity index (χ3n) is 4.67. The van der Waals surface area contributed by atoms with E-state index < -0.39 is 17.9 Å². The van der Waals surface area contributed by atoms with Gasteiger partial charge in [-0.2, -0.15) is 0 Å². The first-order valence-corrected chi connectivity index (χ1v) is 9.81. The first kappa shape index (κ1) is 25.0. The Morgan fingerprint density at radius 3 is 2.06 bits per heavy atom. The van der Waals surface area contributed by atoms with Gasteiger partial charge in [0.2, 0.25) is 0 Å². The lowest BCUT2D eigenvalue weighted by molar-refractivity contribution is -0.274. The Bertz CT molecular complexity index is 959. The van der Waals surface area contributed by atoms with E-state index >= 15 is 0 Å². The highest BCUT2D eigenvalue weighted by Gasteiger charge is 2.31. The van der Waals surface area contributed by atoms with Crippen molar-refractivity contribution in [2.75, 3.05) is 7.11 Å². The van der Waals surface area contributed by atoms with Gasteiger partial charge in [-0.15, -0.1) is 13.2 Å². The summed E-state index contributed by atoms with van der Waals surface area (Å²) in [7, 11) is 1.39. The molecule has 0 aliphatic heterocycles. The molecule has 1 N–H and O–H groups in total. The maximum absolute atomic E-state index is 12.3. The van der Waals surface area contributed by atoms with Gasteiger partial charge in [-0.3, -0.25) is 0 Å². The maximum Gasteiger partial charge on any atom is 0.573 e. The van der Waals surface area contributed by atoms with Crippen LogP contribution in [0.25, 0.3) is 0 Å². The van der Waals surface area contributed by atoms with Crippen molar-refractivity contribution in [2.24, 2.45) is 5.16 Å². The van der Waals surface area contributed by atoms with E-state index in [0.717, 1.165) is 16.7 Å². The molecule has 0 bridgehead atoms. The second-order valence-corrected chi connectivity index (χ2v) is 7.77. The number of hydrogen-bond acceptors (Lipinski definition) is 5. The second kappa shape index (κ2) is 9.93. The number of carbonyl (C=O) groups is 1. The minimum atomic E-state index is -4.75. The van der Waals surface area contributed by atoms with Gasteiger partial charge in [0.1, 0.15) is 18.6 Å². The van der Waals surface area contributed by atoms with E-state index in [1.807, 2.05) is 26.0 Å². The van der Waals surface area contributed by atoms with Gasteiger partial charge >= 0.3 is 12.3 Å². The van der Waals surface area contributed by atoms with Crippen LogP contribution in [-0.2, 0) is 16.1 Å². The van der Waals surface area contributed by atoms with E-state index in [1.165, 1.54) is 45.2 Å². The number of nitrogens with zero attached hydrogens (tertiary/aromatic N) is 1. The van der Waals surface area contributed by atoms with E-state index in [2.05, 4.69) is 9.89 Å². The number of halogens is 3. The van der Waals surface area contributed by atoms with E-state index in [-0.39, 0.29) is 5.75 Å². The van der Waals surface area contributed by atoms with Crippen molar-refractivity contribution in [3.8, 4) is 11.5 Å². The molecule has 0 spiro atoms. The van der Waals surface area contributed by atoms with Crippen molar-refractivity contribution in [2.45, 2.75) is 52.5 Å². The van der Waals surface area contributed by atoms with Crippen molar-refractivity contribution in [1.82, 2.24) is 0 Å². The first-order chi connectivity index (χ1) is 14.8. The Morgan fingerprint density at radius 1 is 1.03 bits per heavy atom. The Hall–Kier alpha value is -3.23. The minimum Gasteiger partial charge on any atom is -0.478 e. The third-order valence-corrected chi connectivity index (χ3v) is 4.67. The fraction of sp³-hybridized carbons (Fsp3) is 0.391. The smallest absolute Gasteiger partial charge is 0.478 e. The molecular weight excluding hydrogens is 427 g/mol. The Kier molecular flexibility index (Phi) is 7.77. The molecule has 6 nitrogen and oxygen atoms in total. The van der Waals surface area contributed by atoms with Crippen LogP contribution in [0.1, 0.15) is 42.5 Å². The average molecular weight is 453 g/mol. The highest BCUT2D eigenvalue weighted by atomic mass is 19.4. The quantitative estimate of drug-likeness (QED) is 0.405. The molecule has 0 fully saturated rings. The molecule has 0 atom stereocenters. The summed E-state index contributed by atoms with van der Waals surface area (Å²) >= 11 is 0. The average Bonchev–Trinajstić information content (AvgIpc) is 2.67. The van der Waals surface area contributed by atoms with Gasteiger partial charge < -0.3 is 19.4 Å². The summed E-state index contributed by atoms with van der Waals surface area (Å²) in [6.07, 6.45) is -3.71. The Balaban J connectivity index is 2.16. The topological polar surface area (TPSA) is 77.4 Å². The third kappa shape index (κ3) is 6.90. The number of alkyl halides is 3. The van der Waals surface area contributed by atoms with Gasteiger partial charge in [0.05, 0.1) is 5.71 Å². The van der Waals surface area contributed by atoms with Crippen molar-refractivity contribution < 1.29 is 37.4 Å². The first-order valence-electron chi connectivity index (χ1n) is 9.81. The minimum absolute atomic E-state index is 0.316. The largest absolute Gasteiger partial charge is 0.573 e. The molecule has 0 aromatic heterocycles. The maximum atomic E-state index is 12.3. The van der Waals surface area contributed by atoms with Crippen LogP contribution in [0, 0.1) is 13.8 Å². The molecule has 9 heteroatoms. The normalized spacial score (nSPS) is 12.4. The molecule has 0 saturated heterocycles. The van der Waals surface area contributed by atoms with Gasteiger partial charge in [0, 0.05) is 0 Å². The molecule has 174 valence electrons. The molecule has 0 heterocycles. The number of carboxylic acids is 1. The number of rotatable bonds is 9. The van der Waals surface area contributed by atoms with Crippen molar-refractivity contribution >= 4 is 11.7 Å². The van der Waals surface area contributed by atoms with E-state index in [1.54, 1.807) is 0 Å². The molecule has 0 amide bonds. The molecule has 2 aromatic rings. The van der Waals surface area contributed by atoms with Crippen LogP contribution in [-0.4, -0.2) is 35.9 Å². The number of hydrogen-bond donors (Lipinski definition) is 1. The zero-order valence-electron chi connectivity index (χ0n) is 18.5. The molecule has 2 aromatic carbocycles. The van der Waals surface area contributed by atoms with Crippen molar-refractivity contribution in [3.63, 3.8) is 0 Å². The lowest BCUT2D eigenvalue weighted by Gasteiger charge is -2.24.